The van der Waals surface area contributed by atoms with E-state index >= 15 is 9.59 Å². The number of fused-ring (bicyclic) bond motifs is 2. The lowest BCUT2D eigenvalue weighted by Crippen LogP contribution is -2.62. The van der Waals surface area contributed by atoms with Crippen molar-refractivity contribution < 1.29 is 53.0 Å². The summed E-state index contributed by atoms with van der Waals surface area (Å²) in [6.07, 6.45) is 1.65. The lowest BCUT2D eigenvalue weighted by atomic mass is 9.94. The molecule has 85 heavy (non-hydrogen) atoms. The van der Waals surface area contributed by atoms with Crippen LogP contribution in [0.5, 0.6) is 0 Å². The third-order valence-electron chi connectivity index (χ3n) is 17.1. The van der Waals surface area contributed by atoms with Gasteiger partial charge in [-0.1, -0.05) is 121 Å². The van der Waals surface area contributed by atoms with Crippen molar-refractivity contribution in [2.24, 2.45) is 17.8 Å². The van der Waals surface area contributed by atoms with Crippen molar-refractivity contribution in [2.45, 2.75) is 174 Å². The number of hydrogen-bond acceptors (Lipinski definition) is 12. The van der Waals surface area contributed by atoms with E-state index in [4.69, 9.17) is 4.74 Å². The van der Waals surface area contributed by atoms with E-state index in [-0.39, 0.29) is 38.1 Å². The molecule has 9 unspecified atom stereocenters. The Morgan fingerprint density at radius 3 is 1.85 bits per heavy atom. The summed E-state index contributed by atoms with van der Waals surface area (Å²) in [5.74, 6) is -7.83. The van der Waals surface area contributed by atoms with E-state index in [9.17, 15) is 38.7 Å². The molecule has 4 N–H and O–H groups in total. The van der Waals surface area contributed by atoms with Crippen LogP contribution < -0.4 is 16.0 Å². The van der Waals surface area contributed by atoms with Crippen molar-refractivity contribution in [2.75, 3.05) is 34.7 Å². The predicted octanol–water partition coefficient (Wildman–Crippen LogP) is 5.31. The average molecular weight is 1170 g/mol. The van der Waals surface area contributed by atoms with Crippen LogP contribution in [0.25, 0.3) is 22.0 Å². The molecule has 3 aromatic carbocycles. The highest BCUT2D eigenvalue weighted by atomic mass is 16.6. The molecule has 2 fully saturated rings. The van der Waals surface area contributed by atoms with E-state index < -0.39 is 125 Å². The van der Waals surface area contributed by atoms with Gasteiger partial charge in [0, 0.05) is 65.1 Å². The number of cyclic esters (lactones) is 1. The highest BCUT2D eigenvalue weighted by Gasteiger charge is 2.47. The van der Waals surface area contributed by atoms with Crippen LogP contribution in [0, 0.1) is 17.8 Å². The molecule has 2 aliphatic rings. The molecule has 20 nitrogen and oxygen atoms in total. The quantitative estimate of drug-likeness (QED) is 0.132. The summed E-state index contributed by atoms with van der Waals surface area (Å²) in [6, 6.07) is 16.1. The van der Waals surface area contributed by atoms with E-state index in [0.29, 0.717) is 30.4 Å². The highest BCUT2D eigenvalue weighted by molar-refractivity contribution is 5.99. The maximum atomic E-state index is 15.6. The van der Waals surface area contributed by atoms with Crippen LogP contribution in [-0.4, -0.2) is 183 Å². The first-order chi connectivity index (χ1) is 40.1. The van der Waals surface area contributed by atoms with E-state index in [1.165, 1.54) is 70.6 Å². The fraction of sp³-hybridized carbons (Fsp3) is 0.538. The van der Waals surface area contributed by atoms with Crippen LogP contribution in [0.4, 0.5) is 0 Å². The number of carbonyl (C=O) groups excluding carboxylic acids is 9. The maximum absolute atomic E-state index is 15.6. The van der Waals surface area contributed by atoms with Crippen LogP contribution in [0.3, 0.4) is 0 Å². The number of aliphatic hydroxyl groups is 1. The second-order valence-corrected chi connectivity index (χ2v) is 24.3. The standard InChI is InChI=1S/C65H89N9O11/c1-15-39(5)53-62(81)70(11)41(7)56(75)67-49(33-38(3)4)60(79)73(14)55(65(9,10)84)64(83)85-54(40(6)16-2)63(82)71(12)42(8)57(76)68-50(35-43-23-18-17-19-24-43)59(78)72(13)52(61(80)74-32-22-28-51(74)58(77)69-53)36-44-25-20-26-46(34-44)47-30-29-45-27-21-31-66-48(45)37-47/h17-21,23-27,29-31,34,37-42,49-55,84H,15-16,22,28,32-33,35-36H2,1-14H3,(H,67,75)(H,68,76)(H,69,77)/t39?,40-,41?,42+,49?,50?,51?,52?,53?,54?,55?/m1/s1. The van der Waals surface area contributed by atoms with Crippen molar-refractivity contribution in [3.05, 3.63) is 102 Å². The number of pyridine rings is 1. The number of nitrogens with zero attached hydrogens (tertiary/aromatic N) is 6. The monoisotopic (exact) mass is 1170 g/mol. The lowest BCUT2D eigenvalue weighted by molar-refractivity contribution is -0.177. The third kappa shape index (κ3) is 16.0. The minimum absolute atomic E-state index is 0.0204. The molecular formula is C65H89N9O11. The summed E-state index contributed by atoms with van der Waals surface area (Å²) < 4.78 is 6.03. The maximum Gasteiger partial charge on any atom is 0.332 e. The van der Waals surface area contributed by atoms with Crippen molar-refractivity contribution in [1.29, 1.82) is 0 Å². The third-order valence-corrected chi connectivity index (χ3v) is 17.1. The van der Waals surface area contributed by atoms with E-state index in [2.05, 4.69) is 20.9 Å². The molecule has 4 aromatic rings. The van der Waals surface area contributed by atoms with Crippen LogP contribution >= 0.6 is 0 Å². The number of benzene rings is 3. The number of rotatable bonds is 12. The topological polar surface area (TPSA) is 248 Å². The van der Waals surface area contributed by atoms with Gasteiger partial charge in [-0.15, -0.1) is 0 Å². The number of nitrogens with one attached hydrogen (secondary N) is 3. The Morgan fingerprint density at radius 2 is 1.22 bits per heavy atom. The predicted molar refractivity (Wildman–Crippen MR) is 324 cm³/mol. The molecule has 2 aliphatic heterocycles. The summed E-state index contributed by atoms with van der Waals surface area (Å²) in [4.78, 5) is 144. The molecule has 0 saturated carbocycles. The zero-order valence-corrected chi connectivity index (χ0v) is 52.0. The molecule has 6 rings (SSSR count). The van der Waals surface area contributed by atoms with Gasteiger partial charge in [0.25, 0.3) is 5.91 Å². The summed E-state index contributed by atoms with van der Waals surface area (Å²) in [6.45, 7) is 16.5. The number of aromatic nitrogens is 1. The van der Waals surface area contributed by atoms with Gasteiger partial charge >= 0.3 is 5.97 Å². The molecule has 0 radical (unpaired) electrons. The number of amides is 8. The number of likely N-dealkylation sites (N-methyl/N-ethyl adjacent to an activating group) is 4. The van der Waals surface area contributed by atoms with Crippen LogP contribution in [-0.2, 0) is 60.7 Å². The fourth-order valence-corrected chi connectivity index (χ4v) is 11.2. The lowest BCUT2D eigenvalue weighted by Gasteiger charge is -2.39. The second-order valence-electron chi connectivity index (χ2n) is 24.3. The average Bonchev–Trinajstić information content (AvgIpc) is 4.24. The largest absolute Gasteiger partial charge is 0.450 e. The van der Waals surface area contributed by atoms with Gasteiger partial charge in [0.1, 0.15) is 42.3 Å². The summed E-state index contributed by atoms with van der Waals surface area (Å²) in [7, 11) is 5.56. The Labute approximate surface area is 500 Å². The smallest absolute Gasteiger partial charge is 0.332 e. The Morgan fingerprint density at radius 1 is 0.624 bits per heavy atom. The van der Waals surface area contributed by atoms with Gasteiger partial charge in [0.15, 0.2) is 12.1 Å². The zero-order chi connectivity index (χ0) is 62.8. The molecule has 1 aromatic heterocycles. The van der Waals surface area contributed by atoms with Gasteiger partial charge in [-0.2, -0.15) is 0 Å². The van der Waals surface area contributed by atoms with Gasteiger partial charge < -0.3 is 50.3 Å². The van der Waals surface area contributed by atoms with Gasteiger partial charge in [0.2, 0.25) is 41.4 Å². The molecule has 8 amide bonds. The number of carbonyl (C=O) groups is 9. The second kappa shape index (κ2) is 28.9. The van der Waals surface area contributed by atoms with Crippen LogP contribution in [0.1, 0.15) is 112 Å². The molecule has 0 bridgehead atoms. The minimum atomic E-state index is -1.97. The van der Waals surface area contributed by atoms with Crippen molar-refractivity contribution in [3.8, 4) is 11.1 Å². The van der Waals surface area contributed by atoms with E-state index in [1.807, 2.05) is 81.4 Å². The highest BCUT2D eigenvalue weighted by Crippen LogP contribution is 2.29. The SMILES string of the molecule is CCC(C)C1NC(=O)C2CCCN2C(=O)C(Cc2cccc(-c3ccc4cccnc4c3)c2)N(C)C(=O)C(Cc2ccccc2)NC(=O)[C@H](C)N(C)C(=O)C([C@H](C)CC)OC(=O)C(C(C)(C)O)N(C)C(=O)C(CC(C)C)NC(=O)C(C)N(C)C1=O. The van der Waals surface area contributed by atoms with Crippen LogP contribution in [0.15, 0.2) is 91.1 Å². The molecule has 0 spiro atoms. The Balaban J connectivity index is 1.48. The van der Waals surface area contributed by atoms with Crippen molar-refractivity contribution in [1.82, 2.24) is 45.4 Å². The number of esters is 1. The molecule has 3 heterocycles. The first kappa shape index (κ1) is 66.4. The molecule has 20 heteroatoms. The Kier molecular flexibility index (Phi) is 22.6. The normalized spacial score (nSPS) is 25.3. The molecule has 0 aliphatic carbocycles. The van der Waals surface area contributed by atoms with Gasteiger partial charge in [-0.25, -0.2) is 4.79 Å². The summed E-state index contributed by atoms with van der Waals surface area (Å²) in [5.41, 5.74) is 1.87. The Hall–Kier alpha value is -7.74. The molecule has 460 valence electrons. The number of ether oxygens (including phenoxy) is 1. The fourth-order valence-electron chi connectivity index (χ4n) is 11.2. The van der Waals surface area contributed by atoms with Gasteiger partial charge in [-0.3, -0.25) is 43.3 Å². The molecular weight excluding hydrogens is 1080 g/mol. The zero-order valence-electron chi connectivity index (χ0n) is 52.0. The van der Waals surface area contributed by atoms with Gasteiger partial charge in [0.05, 0.1) is 11.1 Å². The summed E-state index contributed by atoms with van der Waals surface area (Å²) in [5, 5.41) is 21.2. The minimum Gasteiger partial charge on any atom is -0.450 e. The first-order valence-corrected chi connectivity index (χ1v) is 29.8. The number of hydrogen-bond donors (Lipinski definition) is 4. The first-order valence-electron chi connectivity index (χ1n) is 29.8. The van der Waals surface area contributed by atoms with E-state index in [0.717, 1.165) is 31.8 Å². The molecule has 2 saturated heterocycles. The van der Waals surface area contributed by atoms with Crippen molar-refractivity contribution >= 4 is 64.1 Å². The summed E-state index contributed by atoms with van der Waals surface area (Å²) >= 11 is 0. The molecule has 11 atom stereocenters. The Bertz CT molecular complexity index is 3060. The van der Waals surface area contributed by atoms with Crippen molar-refractivity contribution in [3.63, 3.8) is 0 Å². The van der Waals surface area contributed by atoms with Gasteiger partial charge in [-0.05, 0) is 99.6 Å². The van der Waals surface area contributed by atoms with E-state index in [1.54, 1.807) is 51.2 Å². The van der Waals surface area contributed by atoms with Crippen LogP contribution in [0.2, 0.25) is 0 Å².